The maximum Gasteiger partial charge on any atom is 0.122 e. The fourth-order valence-corrected chi connectivity index (χ4v) is 3.55. The SMILES string of the molecule is Cc1cc(C(O)C(C)O)ccc1OCC1=C(c2ccc(Cl)cc2)CCC1. The van der Waals surface area contributed by atoms with E-state index in [1.54, 1.807) is 6.92 Å². The highest BCUT2D eigenvalue weighted by atomic mass is 35.5. The number of halogens is 1. The van der Waals surface area contributed by atoms with Gasteiger partial charge in [0.1, 0.15) is 18.5 Å². The Bertz CT molecular complexity index is 794. The van der Waals surface area contributed by atoms with Crippen molar-refractivity contribution >= 4 is 17.2 Å². The Morgan fingerprint density at radius 3 is 2.46 bits per heavy atom. The summed E-state index contributed by atoms with van der Waals surface area (Å²) in [6, 6.07) is 13.5. The standard InChI is InChI=1S/C22H25ClO3/c1-14-12-17(22(25)15(2)24)8-11-21(14)26-13-18-4-3-5-20(18)16-6-9-19(23)10-7-16/h6-12,15,22,24-25H,3-5,13H2,1-2H3. The van der Waals surface area contributed by atoms with E-state index in [1.165, 1.54) is 16.7 Å². The van der Waals surface area contributed by atoms with Crippen molar-refractivity contribution in [3.05, 3.63) is 69.8 Å². The van der Waals surface area contributed by atoms with Gasteiger partial charge in [0.05, 0.1) is 6.10 Å². The van der Waals surface area contributed by atoms with Crippen LogP contribution < -0.4 is 4.74 Å². The summed E-state index contributed by atoms with van der Waals surface area (Å²) >= 11 is 5.99. The molecule has 2 N–H and O–H groups in total. The van der Waals surface area contributed by atoms with Gasteiger partial charge in [-0.15, -0.1) is 0 Å². The van der Waals surface area contributed by atoms with Crippen LogP contribution in [-0.4, -0.2) is 22.9 Å². The zero-order chi connectivity index (χ0) is 18.7. The predicted octanol–water partition coefficient (Wildman–Crippen LogP) is 5.08. The van der Waals surface area contributed by atoms with E-state index in [1.807, 2.05) is 37.3 Å². The van der Waals surface area contributed by atoms with Crippen molar-refractivity contribution in [1.82, 2.24) is 0 Å². The monoisotopic (exact) mass is 372 g/mol. The normalized spacial score (nSPS) is 16.7. The molecule has 0 aromatic heterocycles. The summed E-state index contributed by atoms with van der Waals surface area (Å²) in [5.74, 6) is 0.807. The first-order valence-corrected chi connectivity index (χ1v) is 9.40. The van der Waals surface area contributed by atoms with E-state index < -0.39 is 12.2 Å². The molecule has 3 rings (SSSR count). The van der Waals surface area contributed by atoms with Crippen molar-refractivity contribution in [2.75, 3.05) is 6.61 Å². The first-order valence-electron chi connectivity index (χ1n) is 9.02. The van der Waals surface area contributed by atoms with Crippen molar-refractivity contribution < 1.29 is 14.9 Å². The molecule has 2 aromatic carbocycles. The molecule has 0 bridgehead atoms. The lowest BCUT2D eigenvalue weighted by Gasteiger charge is -2.17. The summed E-state index contributed by atoms with van der Waals surface area (Å²) < 4.78 is 6.06. The average molecular weight is 373 g/mol. The second-order valence-corrected chi connectivity index (χ2v) is 7.38. The van der Waals surface area contributed by atoms with Crippen LogP contribution in [0.2, 0.25) is 5.02 Å². The molecule has 2 aromatic rings. The second-order valence-electron chi connectivity index (χ2n) is 6.94. The predicted molar refractivity (Wildman–Crippen MR) is 106 cm³/mol. The zero-order valence-electron chi connectivity index (χ0n) is 15.2. The van der Waals surface area contributed by atoms with Gasteiger partial charge >= 0.3 is 0 Å². The van der Waals surface area contributed by atoms with E-state index in [0.717, 1.165) is 35.6 Å². The van der Waals surface area contributed by atoms with E-state index in [9.17, 15) is 10.2 Å². The van der Waals surface area contributed by atoms with Crippen LogP contribution in [0.15, 0.2) is 48.0 Å². The van der Waals surface area contributed by atoms with Crippen LogP contribution in [-0.2, 0) is 0 Å². The molecule has 0 amide bonds. The molecule has 138 valence electrons. The van der Waals surface area contributed by atoms with Crippen molar-refractivity contribution in [3.63, 3.8) is 0 Å². The highest BCUT2D eigenvalue weighted by molar-refractivity contribution is 6.30. The van der Waals surface area contributed by atoms with E-state index >= 15 is 0 Å². The largest absolute Gasteiger partial charge is 0.489 e. The number of allylic oxidation sites excluding steroid dienone is 1. The van der Waals surface area contributed by atoms with E-state index in [0.29, 0.717) is 12.2 Å². The number of aliphatic hydroxyl groups is 2. The van der Waals surface area contributed by atoms with Gasteiger partial charge in [0.15, 0.2) is 0 Å². The maximum absolute atomic E-state index is 9.99. The number of hydrogen-bond donors (Lipinski definition) is 2. The molecular weight excluding hydrogens is 348 g/mol. The van der Waals surface area contributed by atoms with Crippen LogP contribution in [0.5, 0.6) is 5.75 Å². The molecule has 2 atom stereocenters. The Balaban J connectivity index is 1.73. The fraction of sp³-hybridized carbons (Fsp3) is 0.364. The molecule has 0 aliphatic heterocycles. The summed E-state index contributed by atoms with van der Waals surface area (Å²) in [5, 5.41) is 20.3. The molecular formula is C22H25ClO3. The number of benzene rings is 2. The molecule has 0 saturated carbocycles. The number of rotatable bonds is 6. The van der Waals surface area contributed by atoms with Gasteiger partial charge in [-0.05, 0) is 85.2 Å². The molecule has 2 unspecified atom stereocenters. The van der Waals surface area contributed by atoms with Crippen LogP contribution in [0, 0.1) is 6.92 Å². The minimum Gasteiger partial charge on any atom is -0.489 e. The Hall–Kier alpha value is -1.81. The number of aliphatic hydroxyl groups excluding tert-OH is 2. The van der Waals surface area contributed by atoms with Crippen LogP contribution >= 0.6 is 11.6 Å². The molecule has 1 aliphatic carbocycles. The third-order valence-corrected chi connectivity index (χ3v) is 5.18. The van der Waals surface area contributed by atoms with Crippen molar-refractivity contribution in [2.45, 2.75) is 45.3 Å². The third kappa shape index (κ3) is 4.29. The number of aryl methyl sites for hydroxylation is 1. The van der Waals surface area contributed by atoms with Crippen molar-refractivity contribution in [3.8, 4) is 5.75 Å². The molecule has 26 heavy (non-hydrogen) atoms. The molecule has 0 fully saturated rings. The summed E-state index contributed by atoms with van der Waals surface area (Å²) in [4.78, 5) is 0. The minimum atomic E-state index is -0.878. The Kier molecular flexibility index (Phi) is 6.02. The molecule has 3 nitrogen and oxygen atoms in total. The molecule has 0 heterocycles. The van der Waals surface area contributed by atoms with Gasteiger partial charge in [0.2, 0.25) is 0 Å². The van der Waals surface area contributed by atoms with Gasteiger partial charge in [-0.1, -0.05) is 29.8 Å². The van der Waals surface area contributed by atoms with Gasteiger partial charge in [-0.3, -0.25) is 0 Å². The highest BCUT2D eigenvalue weighted by Gasteiger charge is 2.18. The van der Waals surface area contributed by atoms with Gasteiger partial charge in [0, 0.05) is 5.02 Å². The van der Waals surface area contributed by atoms with Gasteiger partial charge in [-0.25, -0.2) is 0 Å². The third-order valence-electron chi connectivity index (χ3n) is 4.92. The maximum atomic E-state index is 9.99. The van der Waals surface area contributed by atoms with Gasteiger partial charge in [0.25, 0.3) is 0 Å². The van der Waals surface area contributed by atoms with Gasteiger partial charge in [-0.2, -0.15) is 0 Å². The average Bonchev–Trinajstić information content (AvgIpc) is 3.09. The molecule has 4 heteroatoms. The van der Waals surface area contributed by atoms with Crippen LogP contribution in [0.25, 0.3) is 5.57 Å². The fourth-order valence-electron chi connectivity index (χ4n) is 3.43. The summed E-state index contributed by atoms with van der Waals surface area (Å²) in [6.07, 6.45) is 1.59. The summed E-state index contributed by atoms with van der Waals surface area (Å²) in [6.45, 7) is 4.10. The lowest BCUT2D eigenvalue weighted by atomic mass is 10.0. The molecule has 0 radical (unpaired) electrons. The highest BCUT2D eigenvalue weighted by Crippen LogP contribution is 2.35. The number of ether oxygens (including phenoxy) is 1. The smallest absolute Gasteiger partial charge is 0.122 e. The van der Waals surface area contributed by atoms with E-state index in [2.05, 4.69) is 12.1 Å². The van der Waals surface area contributed by atoms with Crippen molar-refractivity contribution in [2.24, 2.45) is 0 Å². The van der Waals surface area contributed by atoms with Crippen LogP contribution in [0.4, 0.5) is 0 Å². The summed E-state index contributed by atoms with van der Waals surface area (Å²) in [5.41, 5.74) is 5.57. The zero-order valence-corrected chi connectivity index (χ0v) is 16.0. The second kappa shape index (κ2) is 8.26. The van der Waals surface area contributed by atoms with Crippen LogP contribution in [0.1, 0.15) is 49.0 Å². The molecule has 1 aliphatic rings. The quantitative estimate of drug-likeness (QED) is 0.743. The van der Waals surface area contributed by atoms with Crippen molar-refractivity contribution in [1.29, 1.82) is 0 Å². The first-order chi connectivity index (χ1) is 12.5. The van der Waals surface area contributed by atoms with Gasteiger partial charge < -0.3 is 14.9 Å². The Labute approximate surface area is 159 Å². The lowest BCUT2D eigenvalue weighted by Crippen LogP contribution is -2.14. The summed E-state index contributed by atoms with van der Waals surface area (Å²) in [7, 11) is 0. The lowest BCUT2D eigenvalue weighted by molar-refractivity contribution is 0.0305. The van der Waals surface area contributed by atoms with E-state index in [4.69, 9.17) is 16.3 Å². The van der Waals surface area contributed by atoms with Crippen LogP contribution in [0.3, 0.4) is 0 Å². The molecule has 0 saturated heterocycles. The molecule has 0 spiro atoms. The topological polar surface area (TPSA) is 49.7 Å². The number of hydrogen-bond acceptors (Lipinski definition) is 3. The first kappa shape index (κ1) is 19.0. The Morgan fingerprint density at radius 2 is 1.81 bits per heavy atom. The minimum absolute atomic E-state index is 0.567. The Morgan fingerprint density at radius 1 is 1.08 bits per heavy atom. The van der Waals surface area contributed by atoms with E-state index in [-0.39, 0.29) is 0 Å².